The molecule has 0 aromatic carbocycles. The lowest BCUT2D eigenvalue weighted by atomic mass is 9.82. The lowest BCUT2D eigenvalue weighted by molar-refractivity contribution is 0.163. The first-order chi connectivity index (χ1) is 5.37. The average molecular weight is 171 g/mol. The Morgan fingerprint density at radius 2 is 1.17 bits per heavy atom. The molecule has 0 aliphatic heterocycles. The molecule has 0 saturated carbocycles. The van der Waals surface area contributed by atoms with Crippen molar-refractivity contribution in [1.82, 2.24) is 4.90 Å². The van der Waals surface area contributed by atoms with Gasteiger partial charge in [-0.15, -0.1) is 0 Å². The van der Waals surface area contributed by atoms with Crippen LogP contribution in [-0.2, 0) is 0 Å². The maximum atomic E-state index is 2.36. The topological polar surface area (TPSA) is 3.24 Å². The first-order valence-corrected chi connectivity index (χ1v) is 5.04. The van der Waals surface area contributed by atoms with Crippen LogP contribution in [0.1, 0.15) is 34.6 Å². The van der Waals surface area contributed by atoms with Crippen LogP contribution < -0.4 is 0 Å². The van der Waals surface area contributed by atoms with Gasteiger partial charge in [-0.25, -0.2) is 0 Å². The van der Waals surface area contributed by atoms with Gasteiger partial charge < -0.3 is 4.90 Å². The van der Waals surface area contributed by atoms with Gasteiger partial charge in [0.2, 0.25) is 0 Å². The van der Waals surface area contributed by atoms with Crippen LogP contribution in [0.2, 0.25) is 0 Å². The van der Waals surface area contributed by atoms with Crippen molar-refractivity contribution in [1.29, 1.82) is 0 Å². The molecular weight excluding hydrogens is 146 g/mol. The van der Waals surface area contributed by atoms with E-state index >= 15 is 0 Å². The largest absolute Gasteiger partial charge is 0.306 e. The van der Waals surface area contributed by atoms with E-state index in [1.165, 1.54) is 0 Å². The van der Waals surface area contributed by atoms with Crippen molar-refractivity contribution in [3.8, 4) is 0 Å². The summed E-state index contributed by atoms with van der Waals surface area (Å²) in [5.41, 5.74) is 0. The molecule has 3 unspecified atom stereocenters. The molecule has 0 N–H and O–H groups in total. The van der Waals surface area contributed by atoms with Gasteiger partial charge in [-0.1, -0.05) is 27.7 Å². The van der Waals surface area contributed by atoms with Crippen molar-refractivity contribution in [3.05, 3.63) is 0 Å². The highest BCUT2D eigenvalue weighted by Gasteiger charge is 2.22. The van der Waals surface area contributed by atoms with Crippen LogP contribution in [0.3, 0.4) is 0 Å². The second kappa shape index (κ2) is 4.86. The van der Waals surface area contributed by atoms with Crippen molar-refractivity contribution >= 4 is 0 Å². The highest BCUT2D eigenvalue weighted by atomic mass is 15.1. The molecule has 0 radical (unpaired) electrons. The Bertz CT molecular complexity index is 104. The smallest absolute Gasteiger partial charge is 0.00891 e. The molecule has 0 heterocycles. The Balaban J connectivity index is 4.08. The minimum atomic E-state index is 0.683. The zero-order valence-electron chi connectivity index (χ0n) is 9.76. The molecule has 1 nitrogen and oxygen atoms in total. The van der Waals surface area contributed by atoms with E-state index in [2.05, 4.69) is 53.6 Å². The molecule has 1 heteroatoms. The number of hydrogen-bond donors (Lipinski definition) is 0. The molecule has 0 bridgehead atoms. The first kappa shape index (κ1) is 12.0. The van der Waals surface area contributed by atoms with Gasteiger partial charge in [-0.05, 0) is 38.8 Å². The molecule has 0 aliphatic carbocycles. The number of nitrogens with zero attached hydrogens (tertiary/aromatic N) is 1. The molecule has 0 spiro atoms. The van der Waals surface area contributed by atoms with Crippen LogP contribution in [0.4, 0.5) is 0 Å². The maximum Gasteiger partial charge on any atom is 0.00891 e. The van der Waals surface area contributed by atoms with Crippen LogP contribution in [0.15, 0.2) is 0 Å². The van der Waals surface area contributed by atoms with Crippen molar-refractivity contribution in [2.75, 3.05) is 14.1 Å². The van der Waals surface area contributed by atoms with E-state index in [-0.39, 0.29) is 0 Å². The Hall–Kier alpha value is -0.0400. The summed E-state index contributed by atoms with van der Waals surface area (Å²) in [4.78, 5) is 2.31. The molecule has 12 heavy (non-hydrogen) atoms. The molecule has 0 aromatic heterocycles. The Labute approximate surface area is 78.1 Å². The lowest BCUT2D eigenvalue weighted by Crippen LogP contribution is -2.35. The van der Waals surface area contributed by atoms with E-state index in [1.807, 2.05) is 0 Å². The summed E-state index contributed by atoms with van der Waals surface area (Å²) in [5.74, 6) is 2.38. The van der Waals surface area contributed by atoms with Gasteiger partial charge in [0.15, 0.2) is 0 Å². The van der Waals surface area contributed by atoms with E-state index in [0.717, 1.165) is 17.8 Å². The van der Waals surface area contributed by atoms with Gasteiger partial charge >= 0.3 is 0 Å². The van der Waals surface area contributed by atoms with Crippen molar-refractivity contribution < 1.29 is 0 Å². The van der Waals surface area contributed by atoms with E-state index in [0.29, 0.717) is 6.04 Å². The maximum absolute atomic E-state index is 2.36. The summed E-state index contributed by atoms with van der Waals surface area (Å²) < 4.78 is 0. The average Bonchev–Trinajstić information content (AvgIpc) is 2.00. The molecule has 3 atom stereocenters. The van der Waals surface area contributed by atoms with Crippen LogP contribution >= 0.6 is 0 Å². The van der Waals surface area contributed by atoms with Crippen LogP contribution in [-0.4, -0.2) is 25.0 Å². The highest BCUT2D eigenvalue weighted by molar-refractivity contribution is 4.74. The highest BCUT2D eigenvalue weighted by Crippen LogP contribution is 2.24. The monoisotopic (exact) mass is 171 g/mol. The summed E-state index contributed by atoms with van der Waals surface area (Å²) in [5, 5.41) is 0. The molecule has 0 aromatic rings. The molecule has 0 amide bonds. The molecule has 74 valence electrons. The zero-order chi connectivity index (χ0) is 9.89. The first-order valence-electron chi connectivity index (χ1n) is 5.04. The SMILES string of the molecule is CC(C)C(C)C(C)C(C)N(C)C. The third-order valence-corrected chi connectivity index (χ3v) is 3.46. The Morgan fingerprint density at radius 1 is 0.750 bits per heavy atom. The van der Waals surface area contributed by atoms with Crippen LogP contribution in [0, 0.1) is 17.8 Å². The summed E-state index contributed by atoms with van der Waals surface area (Å²) in [6.07, 6.45) is 0. The second-order valence-electron chi connectivity index (χ2n) is 4.67. The van der Waals surface area contributed by atoms with Crippen molar-refractivity contribution in [3.63, 3.8) is 0 Å². The number of hydrogen-bond acceptors (Lipinski definition) is 1. The van der Waals surface area contributed by atoms with E-state index < -0.39 is 0 Å². The fraction of sp³-hybridized carbons (Fsp3) is 1.00. The quantitative estimate of drug-likeness (QED) is 0.628. The van der Waals surface area contributed by atoms with Gasteiger partial charge in [0.1, 0.15) is 0 Å². The summed E-state index contributed by atoms with van der Waals surface area (Å²) >= 11 is 0. The van der Waals surface area contributed by atoms with Crippen LogP contribution in [0.25, 0.3) is 0 Å². The lowest BCUT2D eigenvalue weighted by Gasteiger charge is -2.32. The van der Waals surface area contributed by atoms with Gasteiger partial charge in [0.25, 0.3) is 0 Å². The van der Waals surface area contributed by atoms with Gasteiger partial charge in [0.05, 0.1) is 0 Å². The zero-order valence-corrected chi connectivity index (χ0v) is 9.76. The third kappa shape index (κ3) is 3.14. The van der Waals surface area contributed by atoms with Crippen molar-refractivity contribution in [2.45, 2.75) is 40.7 Å². The van der Waals surface area contributed by atoms with E-state index in [1.54, 1.807) is 0 Å². The molecule has 0 fully saturated rings. The van der Waals surface area contributed by atoms with Gasteiger partial charge in [0, 0.05) is 6.04 Å². The van der Waals surface area contributed by atoms with Gasteiger partial charge in [-0.3, -0.25) is 0 Å². The molecule has 0 saturated heterocycles. The predicted octanol–water partition coefficient (Wildman–Crippen LogP) is 2.86. The summed E-state index contributed by atoms with van der Waals surface area (Å²) in [6.45, 7) is 11.6. The van der Waals surface area contributed by atoms with Gasteiger partial charge in [-0.2, -0.15) is 0 Å². The fourth-order valence-corrected chi connectivity index (χ4v) is 1.52. The normalized spacial score (nSPS) is 19.8. The standard InChI is InChI=1S/C11H25N/c1-8(2)9(3)10(4)11(5)12(6)7/h8-11H,1-7H3. The minimum Gasteiger partial charge on any atom is -0.306 e. The summed E-state index contributed by atoms with van der Waals surface area (Å²) in [7, 11) is 4.32. The van der Waals surface area contributed by atoms with E-state index in [9.17, 15) is 0 Å². The minimum absolute atomic E-state index is 0.683. The fourth-order valence-electron chi connectivity index (χ4n) is 1.52. The van der Waals surface area contributed by atoms with Crippen molar-refractivity contribution in [2.24, 2.45) is 17.8 Å². The van der Waals surface area contributed by atoms with Crippen LogP contribution in [0.5, 0.6) is 0 Å². The molecule has 0 aliphatic rings. The Morgan fingerprint density at radius 3 is 1.42 bits per heavy atom. The predicted molar refractivity (Wildman–Crippen MR) is 56.3 cm³/mol. The molecular formula is C11H25N. The number of rotatable bonds is 4. The summed E-state index contributed by atoms with van der Waals surface area (Å²) in [6, 6.07) is 0.683. The van der Waals surface area contributed by atoms with E-state index in [4.69, 9.17) is 0 Å². The Kier molecular flexibility index (Phi) is 4.84. The molecule has 0 rings (SSSR count). The second-order valence-corrected chi connectivity index (χ2v) is 4.67. The third-order valence-electron chi connectivity index (χ3n) is 3.46.